The summed E-state index contributed by atoms with van der Waals surface area (Å²) in [7, 11) is -3.79. The Labute approximate surface area is 179 Å². The van der Waals surface area contributed by atoms with Crippen LogP contribution in [-0.2, 0) is 21.2 Å². The first-order chi connectivity index (χ1) is 14.2. The monoisotopic (exact) mass is 446 g/mol. The van der Waals surface area contributed by atoms with Crippen molar-refractivity contribution in [3.8, 4) is 5.75 Å². The number of aryl methyl sites for hydroxylation is 3. The van der Waals surface area contributed by atoms with Crippen LogP contribution in [-0.4, -0.2) is 31.1 Å². The molecule has 1 amide bonds. The summed E-state index contributed by atoms with van der Waals surface area (Å²) in [5.41, 5.74) is 2.57. The van der Waals surface area contributed by atoms with Crippen molar-refractivity contribution in [2.75, 3.05) is 16.6 Å². The van der Waals surface area contributed by atoms with Gasteiger partial charge in [0.25, 0.3) is 15.9 Å². The maximum absolute atomic E-state index is 12.5. The fourth-order valence-corrected chi connectivity index (χ4v) is 4.60. The number of amides is 1. The van der Waals surface area contributed by atoms with Gasteiger partial charge in [0.15, 0.2) is 6.61 Å². The number of rotatable bonds is 8. The highest BCUT2D eigenvalue weighted by Gasteiger charge is 2.17. The average molecular weight is 447 g/mol. The number of hydrogen-bond acceptors (Lipinski definition) is 7. The molecule has 0 bridgehead atoms. The molecule has 2 aromatic carbocycles. The highest BCUT2D eigenvalue weighted by molar-refractivity contribution is 7.93. The topological polar surface area (TPSA) is 110 Å². The van der Waals surface area contributed by atoms with E-state index in [-0.39, 0.29) is 22.5 Å². The van der Waals surface area contributed by atoms with Crippen LogP contribution < -0.4 is 14.8 Å². The summed E-state index contributed by atoms with van der Waals surface area (Å²) in [6.07, 6.45) is 0.682. The highest BCUT2D eigenvalue weighted by Crippen LogP contribution is 2.21. The van der Waals surface area contributed by atoms with E-state index >= 15 is 0 Å². The Balaban J connectivity index is 1.58. The van der Waals surface area contributed by atoms with E-state index in [2.05, 4.69) is 20.2 Å². The van der Waals surface area contributed by atoms with Gasteiger partial charge in [0.2, 0.25) is 5.13 Å². The zero-order valence-electron chi connectivity index (χ0n) is 16.8. The molecule has 0 aliphatic carbocycles. The van der Waals surface area contributed by atoms with Crippen molar-refractivity contribution in [2.45, 2.75) is 32.1 Å². The lowest BCUT2D eigenvalue weighted by Crippen LogP contribution is -2.20. The summed E-state index contributed by atoms with van der Waals surface area (Å²) in [5, 5.41) is 11.3. The van der Waals surface area contributed by atoms with Crippen molar-refractivity contribution in [2.24, 2.45) is 0 Å². The third-order valence-electron chi connectivity index (χ3n) is 4.00. The number of carbonyl (C=O) groups excluding carboxylic acids is 1. The summed E-state index contributed by atoms with van der Waals surface area (Å²) in [4.78, 5) is 12.2. The van der Waals surface area contributed by atoms with Gasteiger partial charge < -0.3 is 10.1 Å². The molecule has 0 atom stereocenters. The first-order valence-electron chi connectivity index (χ1n) is 9.21. The molecule has 3 aromatic rings. The van der Waals surface area contributed by atoms with Crippen molar-refractivity contribution in [3.63, 3.8) is 0 Å². The van der Waals surface area contributed by atoms with Crippen LogP contribution in [0.2, 0.25) is 0 Å². The molecule has 0 unspecified atom stereocenters. The molecular weight excluding hydrogens is 424 g/mol. The highest BCUT2D eigenvalue weighted by atomic mass is 32.2. The van der Waals surface area contributed by atoms with Gasteiger partial charge in [-0.3, -0.25) is 9.52 Å². The Morgan fingerprint density at radius 1 is 1.07 bits per heavy atom. The van der Waals surface area contributed by atoms with Crippen LogP contribution in [0.25, 0.3) is 0 Å². The van der Waals surface area contributed by atoms with Gasteiger partial charge >= 0.3 is 0 Å². The predicted molar refractivity (Wildman–Crippen MR) is 117 cm³/mol. The van der Waals surface area contributed by atoms with E-state index in [9.17, 15) is 13.2 Å². The second-order valence-electron chi connectivity index (χ2n) is 6.64. The molecule has 0 radical (unpaired) electrons. The van der Waals surface area contributed by atoms with Crippen LogP contribution in [0.3, 0.4) is 0 Å². The lowest BCUT2D eigenvalue weighted by Gasteiger charge is -2.10. The molecular formula is C20H22N4O4S2. The molecule has 10 heteroatoms. The standard InChI is InChI=1S/C20H22N4O4S2/c1-4-19-22-23-20(29-19)24-30(26,27)17-7-5-15(6-8-17)21-18(25)12-28-16-10-13(2)9-14(3)11-16/h5-11H,4,12H2,1-3H3,(H,21,25)(H,23,24). The number of anilines is 2. The Kier molecular flexibility index (Phi) is 6.68. The molecule has 0 aliphatic heterocycles. The van der Waals surface area contributed by atoms with E-state index in [1.54, 1.807) is 0 Å². The van der Waals surface area contributed by atoms with Crippen molar-refractivity contribution in [1.29, 1.82) is 0 Å². The van der Waals surface area contributed by atoms with Gasteiger partial charge in [-0.2, -0.15) is 0 Å². The number of nitrogens with zero attached hydrogens (tertiary/aromatic N) is 2. The third kappa shape index (κ3) is 5.77. The molecule has 3 rings (SSSR count). The number of benzene rings is 2. The fraction of sp³-hybridized carbons (Fsp3) is 0.250. The maximum Gasteiger partial charge on any atom is 0.263 e. The van der Waals surface area contributed by atoms with Gasteiger partial charge in [0.05, 0.1) is 4.90 Å². The molecule has 1 heterocycles. The minimum atomic E-state index is -3.79. The normalized spacial score (nSPS) is 11.2. The van der Waals surface area contributed by atoms with Crippen LogP contribution in [0.4, 0.5) is 10.8 Å². The number of ether oxygens (including phenoxy) is 1. The van der Waals surface area contributed by atoms with Crippen LogP contribution in [0.5, 0.6) is 5.75 Å². The van der Waals surface area contributed by atoms with E-state index in [0.717, 1.165) is 16.1 Å². The largest absolute Gasteiger partial charge is 0.484 e. The summed E-state index contributed by atoms with van der Waals surface area (Å²) < 4.78 is 32.9. The summed E-state index contributed by atoms with van der Waals surface area (Å²) >= 11 is 1.19. The lowest BCUT2D eigenvalue weighted by atomic mass is 10.1. The van der Waals surface area contributed by atoms with Crippen LogP contribution >= 0.6 is 11.3 Å². The van der Waals surface area contributed by atoms with Crippen molar-refractivity contribution in [1.82, 2.24) is 10.2 Å². The SMILES string of the molecule is CCc1nnc(NS(=O)(=O)c2ccc(NC(=O)COc3cc(C)cc(C)c3)cc2)s1. The van der Waals surface area contributed by atoms with E-state index in [4.69, 9.17) is 4.74 Å². The molecule has 0 spiro atoms. The molecule has 0 saturated heterocycles. The van der Waals surface area contributed by atoms with Gasteiger partial charge in [-0.1, -0.05) is 24.3 Å². The zero-order chi connectivity index (χ0) is 21.7. The molecule has 1 aromatic heterocycles. The van der Waals surface area contributed by atoms with E-state index < -0.39 is 10.0 Å². The smallest absolute Gasteiger partial charge is 0.263 e. The van der Waals surface area contributed by atoms with Crippen molar-refractivity contribution >= 4 is 38.1 Å². The molecule has 158 valence electrons. The number of sulfonamides is 1. The average Bonchev–Trinajstić information content (AvgIpc) is 3.13. The lowest BCUT2D eigenvalue weighted by molar-refractivity contribution is -0.118. The second-order valence-corrected chi connectivity index (χ2v) is 9.39. The molecule has 0 saturated carbocycles. The summed E-state index contributed by atoms with van der Waals surface area (Å²) in [6, 6.07) is 11.6. The maximum atomic E-state index is 12.5. The number of carbonyl (C=O) groups is 1. The minimum absolute atomic E-state index is 0.0558. The number of hydrogen-bond donors (Lipinski definition) is 2. The van der Waals surface area contributed by atoms with E-state index in [1.165, 1.54) is 35.6 Å². The first kappa shape index (κ1) is 21.7. The number of nitrogens with one attached hydrogen (secondary N) is 2. The van der Waals surface area contributed by atoms with Crippen LogP contribution in [0.1, 0.15) is 23.1 Å². The molecule has 8 nitrogen and oxygen atoms in total. The third-order valence-corrected chi connectivity index (χ3v) is 6.47. The minimum Gasteiger partial charge on any atom is -0.484 e. The quantitative estimate of drug-likeness (QED) is 0.548. The van der Waals surface area contributed by atoms with Crippen molar-refractivity contribution < 1.29 is 17.9 Å². The van der Waals surface area contributed by atoms with Gasteiger partial charge in [-0.05, 0) is 67.8 Å². The van der Waals surface area contributed by atoms with Gasteiger partial charge in [0.1, 0.15) is 10.8 Å². The van der Waals surface area contributed by atoms with Crippen molar-refractivity contribution in [3.05, 3.63) is 58.6 Å². The molecule has 2 N–H and O–H groups in total. The van der Waals surface area contributed by atoms with Gasteiger partial charge in [0, 0.05) is 5.69 Å². The zero-order valence-corrected chi connectivity index (χ0v) is 18.4. The molecule has 0 fully saturated rings. The summed E-state index contributed by atoms with van der Waals surface area (Å²) in [5.74, 6) is 0.280. The van der Waals surface area contributed by atoms with E-state index in [0.29, 0.717) is 17.9 Å². The Morgan fingerprint density at radius 2 is 1.73 bits per heavy atom. The number of aromatic nitrogens is 2. The van der Waals surface area contributed by atoms with Gasteiger partial charge in [-0.25, -0.2) is 8.42 Å². The predicted octanol–water partition coefficient (Wildman–Crippen LogP) is 3.54. The van der Waals surface area contributed by atoms with E-state index in [1.807, 2.05) is 39.0 Å². The fourth-order valence-electron chi connectivity index (χ4n) is 2.69. The second kappa shape index (κ2) is 9.23. The van der Waals surface area contributed by atoms with Crippen LogP contribution in [0.15, 0.2) is 47.4 Å². The Morgan fingerprint density at radius 3 is 2.33 bits per heavy atom. The Hall–Kier alpha value is -2.98. The Bertz CT molecular complexity index is 1120. The molecule has 30 heavy (non-hydrogen) atoms. The molecule has 0 aliphatic rings. The first-order valence-corrected chi connectivity index (χ1v) is 11.5. The van der Waals surface area contributed by atoms with Gasteiger partial charge in [-0.15, -0.1) is 10.2 Å². The summed E-state index contributed by atoms with van der Waals surface area (Å²) in [6.45, 7) is 5.68. The van der Waals surface area contributed by atoms with Crippen LogP contribution in [0, 0.1) is 13.8 Å².